The third-order valence-electron chi connectivity index (χ3n) is 4.06. The lowest BCUT2D eigenvalue weighted by Gasteiger charge is -2.15. The lowest BCUT2D eigenvalue weighted by Crippen LogP contribution is -2.16. The summed E-state index contributed by atoms with van der Waals surface area (Å²) >= 11 is 0. The molecular formula is C22H15F8NO2. The Balaban J connectivity index is 0.00000187. The molecule has 0 saturated carbocycles. The second kappa shape index (κ2) is 10.3. The van der Waals surface area contributed by atoms with Crippen LogP contribution in [0.2, 0.25) is 0 Å². The number of nitrogens with one attached hydrogen (secondary N) is 1. The summed E-state index contributed by atoms with van der Waals surface area (Å²) in [6.07, 6.45) is 0. The van der Waals surface area contributed by atoms with E-state index in [0.29, 0.717) is 17.7 Å². The van der Waals surface area contributed by atoms with E-state index in [-0.39, 0.29) is 0 Å². The van der Waals surface area contributed by atoms with Gasteiger partial charge in [0.2, 0.25) is 34.8 Å². The molecule has 0 atom stereocenters. The molecule has 3 aromatic rings. The standard InChI is InChI=1S/C20H9F8NO2.C2H6/c1-7-2-5-11(10(22)6-7)29-18-8(3-4-9(21)12(18)23)20(30)31-19-16(27)14(25)13(24)15(26)17(19)28;1-2/h2-6,29H,1H3;1-2H3. The van der Waals surface area contributed by atoms with E-state index in [1.54, 1.807) is 6.92 Å². The molecule has 0 aliphatic heterocycles. The van der Waals surface area contributed by atoms with Crippen LogP contribution in [0, 0.1) is 53.5 Å². The number of halogens is 8. The van der Waals surface area contributed by atoms with Crippen molar-refractivity contribution in [1.82, 2.24) is 0 Å². The molecule has 0 unspecified atom stereocenters. The van der Waals surface area contributed by atoms with Gasteiger partial charge in [0.25, 0.3) is 0 Å². The zero-order valence-electron chi connectivity index (χ0n) is 17.2. The predicted octanol–water partition coefficient (Wildman–Crippen LogP) is 7.10. The van der Waals surface area contributed by atoms with Crippen molar-refractivity contribution in [3.05, 3.63) is 88.0 Å². The van der Waals surface area contributed by atoms with Crippen molar-refractivity contribution in [3.8, 4) is 5.75 Å². The summed E-state index contributed by atoms with van der Waals surface area (Å²) in [5.74, 6) is -20.0. The van der Waals surface area contributed by atoms with Crippen LogP contribution in [0.1, 0.15) is 29.8 Å². The van der Waals surface area contributed by atoms with Crippen molar-refractivity contribution in [3.63, 3.8) is 0 Å². The summed E-state index contributed by atoms with van der Waals surface area (Å²) in [6.45, 7) is 5.54. The third-order valence-corrected chi connectivity index (χ3v) is 4.06. The van der Waals surface area contributed by atoms with Gasteiger partial charge >= 0.3 is 5.97 Å². The first-order chi connectivity index (χ1) is 15.5. The molecule has 0 aliphatic rings. The molecule has 176 valence electrons. The second-order valence-corrected chi connectivity index (χ2v) is 6.18. The van der Waals surface area contributed by atoms with Crippen LogP contribution in [0.15, 0.2) is 30.3 Å². The van der Waals surface area contributed by atoms with Crippen molar-refractivity contribution in [2.75, 3.05) is 5.32 Å². The van der Waals surface area contributed by atoms with Crippen LogP contribution in [0.3, 0.4) is 0 Å². The molecule has 1 N–H and O–H groups in total. The molecule has 0 bridgehead atoms. The smallest absolute Gasteiger partial charge is 0.345 e. The number of rotatable bonds is 4. The lowest BCUT2D eigenvalue weighted by atomic mass is 10.1. The minimum absolute atomic E-state index is 0.402. The van der Waals surface area contributed by atoms with E-state index >= 15 is 0 Å². The van der Waals surface area contributed by atoms with E-state index in [2.05, 4.69) is 10.1 Å². The number of aryl methyl sites for hydroxylation is 1. The van der Waals surface area contributed by atoms with E-state index in [1.165, 1.54) is 6.07 Å². The minimum Gasteiger partial charge on any atom is -0.416 e. The van der Waals surface area contributed by atoms with Crippen molar-refractivity contribution < 1.29 is 44.7 Å². The molecule has 33 heavy (non-hydrogen) atoms. The zero-order valence-corrected chi connectivity index (χ0v) is 17.2. The first-order valence-corrected chi connectivity index (χ1v) is 9.27. The monoisotopic (exact) mass is 477 g/mol. The van der Waals surface area contributed by atoms with E-state index in [0.717, 1.165) is 12.1 Å². The highest BCUT2D eigenvalue weighted by Gasteiger charge is 2.30. The number of hydrogen-bond donors (Lipinski definition) is 1. The van der Waals surface area contributed by atoms with Crippen molar-refractivity contribution in [2.24, 2.45) is 0 Å². The third kappa shape index (κ3) is 5.07. The molecule has 3 nitrogen and oxygen atoms in total. The Hall–Kier alpha value is -3.63. The molecule has 0 heterocycles. The quantitative estimate of drug-likeness (QED) is 0.143. The van der Waals surface area contributed by atoms with E-state index < -0.39 is 75.2 Å². The Bertz CT molecular complexity index is 1180. The fraction of sp³-hybridized carbons (Fsp3) is 0.136. The highest BCUT2D eigenvalue weighted by molar-refractivity contribution is 5.98. The van der Waals surface area contributed by atoms with Crippen LogP contribution < -0.4 is 10.1 Å². The Morgan fingerprint density at radius 3 is 1.82 bits per heavy atom. The zero-order chi connectivity index (χ0) is 25.0. The SMILES string of the molecule is CC.Cc1ccc(Nc2c(C(=O)Oc3c(F)c(F)c(F)c(F)c3F)ccc(F)c2F)c(F)c1. The summed E-state index contributed by atoms with van der Waals surface area (Å²) in [7, 11) is 0. The molecular weight excluding hydrogens is 462 g/mol. The van der Waals surface area contributed by atoms with Crippen LogP contribution in [-0.2, 0) is 0 Å². The molecule has 0 fully saturated rings. The summed E-state index contributed by atoms with van der Waals surface area (Å²) < 4.78 is 114. The number of esters is 1. The van der Waals surface area contributed by atoms with Crippen LogP contribution in [-0.4, -0.2) is 5.97 Å². The number of benzene rings is 3. The number of hydrogen-bond acceptors (Lipinski definition) is 3. The van der Waals surface area contributed by atoms with Gasteiger partial charge in [-0.2, -0.15) is 8.78 Å². The summed E-state index contributed by atoms with van der Waals surface area (Å²) in [5, 5.41) is 2.12. The van der Waals surface area contributed by atoms with Crippen LogP contribution >= 0.6 is 0 Å². The van der Waals surface area contributed by atoms with Gasteiger partial charge in [0, 0.05) is 0 Å². The molecule has 0 aliphatic carbocycles. The van der Waals surface area contributed by atoms with E-state index in [4.69, 9.17) is 0 Å². The molecule has 3 aromatic carbocycles. The van der Waals surface area contributed by atoms with Gasteiger partial charge in [-0.15, -0.1) is 0 Å². The molecule has 0 saturated heterocycles. The fourth-order valence-corrected chi connectivity index (χ4v) is 2.52. The topological polar surface area (TPSA) is 38.3 Å². The Morgan fingerprint density at radius 1 is 0.727 bits per heavy atom. The van der Waals surface area contributed by atoms with Gasteiger partial charge in [-0.05, 0) is 36.8 Å². The van der Waals surface area contributed by atoms with Gasteiger partial charge in [-0.25, -0.2) is 31.1 Å². The van der Waals surface area contributed by atoms with Gasteiger partial charge < -0.3 is 10.1 Å². The number of carbonyl (C=O) groups excluding carboxylic acids is 1. The predicted molar refractivity (Wildman–Crippen MR) is 103 cm³/mol. The Morgan fingerprint density at radius 2 is 1.27 bits per heavy atom. The van der Waals surface area contributed by atoms with Crippen LogP contribution in [0.25, 0.3) is 0 Å². The molecule has 11 heteroatoms. The molecule has 0 aromatic heterocycles. The molecule has 0 radical (unpaired) electrons. The largest absolute Gasteiger partial charge is 0.416 e. The minimum atomic E-state index is -2.49. The molecule has 0 amide bonds. The first-order valence-electron chi connectivity index (χ1n) is 9.27. The lowest BCUT2D eigenvalue weighted by molar-refractivity contribution is 0.0716. The van der Waals surface area contributed by atoms with Gasteiger partial charge in [0.1, 0.15) is 5.82 Å². The molecule has 0 spiro atoms. The van der Waals surface area contributed by atoms with Crippen molar-refractivity contribution in [2.45, 2.75) is 20.8 Å². The number of anilines is 2. The molecule has 3 rings (SSSR count). The van der Waals surface area contributed by atoms with Gasteiger partial charge in [0.05, 0.1) is 16.9 Å². The first kappa shape index (κ1) is 25.6. The van der Waals surface area contributed by atoms with E-state index in [9.17, 15) is 39.9 Å². The number of carbonyl (C=O) groups is 1. The van der Waals surface area contributed by atoms with Gasteiger partial charge in [-0.3, -0.25) is 0 Å². The van der Waals surface area contributed by atoms with Crippen LogP contribution in [0.5, 0.6) is 5.75 Å². The second-order valence-electron chi connectivity index (χ2n) is 6.18. The highest BCUT2D eigenvalue weighted by atomic mass is 19.2. The fourth-order valence-electron chi connectivity index (χ4n) is 2.52. The van der Waals surface area contributed by atoms with Gasteiger partial charge in [0.15, 0.2) is 11.6 Å². The normalized spacial score (nSPS) is 10.4. The maximum absolute atomic E-state index is 14.3. The van der Waals surface area contributed by atoms with Crippen molar-refractivity contribution >= 4 is 17.3 Å². The van der Waals surface area contributed by atoms with Crippen molar-refractivity contribution in [1.29, 1.82) is 0 Å². The van der Waals surface area contributed by atoms with Crippen LogP contribution in [0.4, 0.5) is 46.5 Å². The van der Waals surface area contributed by atoms with Gasteiger partial charge in [-0.1, -0.05) is 19.9 Å². The average molecular weight is 477 g/mol. The summed E-state index contributed by atoms with van der Waals surface area (Å²) in [5.41, 5.74) is -1.83. The Kier molecular flexibility index (Phi) is 8.02. The number of ether oxygens (including phenoxy) is 1. The van der Waals surface area contributed by atoms with E-state index in [1.807, 2.05) is 13.8 Å². The maximum atomic E-state index is 14.3. The summed E-state index contributed by atoms with van der Waals surface area (Å²) in [4.78, 5) is 12.3. The highest BCUT2D eigenvalue weighted by Crippen LogP contribution is 2.32. The Labute approximate surface area is 182 Å². The average Bonchev–Trinajstić information content (AvgIpc) is 2.80. The maximum Gasteiger partial charge on any atom is 0.345 e. The summed E-state index contributed by atoms with van der Waals surface area (Å²) in [6, 6.07) is 4.62.